The van der Waals surface area contributed by atoms with Gasteiger partial charge in [-0.05, 0) is 55.5 Å². The van der Waals surface area contributed by atoms with Crippen LogP contribution in [0.25, 0.3) is 0 Å². The van der Waals surface area contributed by atoms with Gasteiger partial charge in [0.25, 0.3) is 0 Å². The van der Waals surface area contributed by atoms with Crippen molar-refractivity contribution in [3.05, 3.63) is 34.6 Å². The molecule has 1 aliphatic heterocycles. The Morgan fingerprint density at radius 3 is 2.84 bits per heavy atom. The number of hydrogen-bond donors (Lipinski definition) is 1. The van der Waals surface area contributed by atoms with Crippen LogP contribution in [-0.4, -0.2) is 18.9 Å². The van der Waals surface area contributed by atoms with Crippen LogP contribution in [0.1, 0.15) is 24.8 Å². The molecular formula is C15H17ClFNO. The lowest BCUT2D eigenvalue weighted by atomic mass is 9.89. The largest absolute Gasteiger partial charge is 0.317 e. The lowest BCUT2D eigenvalue weighted by Gasteiger charge is -2.23. The second-order valence-electron chi connectivity index (χ2n) is 5.75. The van der Waals surface area contributed by atoms with Gasteiger partial charge >= 0.3 is 0 Å². The van der Waals surface area contributed by atoms with E-state index in [2.05, 4.69) is 5.32 Å². The van der Waals surface area contributed by atoms with Crippen LogP contribution in [0.5, 0.6) is 0 Å². The van der Waals surface area contributed by atoms with Gasteiger partial charge in [-0.15, -0.1) is 0 Å². The summed E-state index contributed by atoms with van der Waals surface area (Å²) in [7, 11) is 0. The third-order valence-electron chi connectivity index (χ3n) is 4.56. The summed E-state index contributed by atoms with van der Waals surface area (Å²) in [6.07, 6.45) is 3.55. The molecule has 1 saturated carbocycles. The number of ketones is 1. The van der Waals surface area contributed by atoms with Crippen LogP contribution in [-0.2, 0) is 11.2 Å². The van der Waals surface area contributed by atoms with E-state index in [1.807, 2.05) is 0 Å². The highest BCUT2D eigenvalue weighted by Gasteiger charge is 2.56. The fraction of sp³-hybridized carbons (Fsp3) is 0.533. The van der Waals surface area contributed by atoms with E-state index >= 15 is 0 Å². The van der Waals surface area contributed by atoms with Crippen molar-refractivity contribution < 1.29 is 9.18 Å². The van der Waals surface area contributed by atoms with Crippen molar-refractivity contribution in [2.45, 2.75) is 25.7 Å². The van der Waals surface area contributed by atoms with Crippen LogP contribution in [0.2, 0.25) is 5.02 Å². The third kappa shape index (κ3) is 2.54. The molecule has 1 atom stereocenters. The Morgan fingerprint density at radius 2 is 2.16 bits per heavy atom. The number of piperidine rings is 1. The van der Waals surface area contributed by atoms with E-state index in [9.17, 15) is 9.18 Å². The maximum absolute atomic E-state index is 13.0. The molecule has 1 N–H and O–H groups in total. The maximum Gasteiger partial charge on any atom is 0.140 e. The quantitative estimate of drug-likeness (QED) is 0.923. The Bertz CT molecular complexity index is 511. The summed E-state index contributed by atoms with van der Waals surface area (Å²) >= 11 is 5.97. The second-order valence-corrected chi connectivity index (χ2v) is 6.16. The highest BCUT2D eigenvalue weighted by Crippen LogP contribution is 2.59. The van der Waals surface area contributed by atoms with Gasteiger partial charge in [-0.2, -0.15) is 0 Å². The van der Waals surface area contributed by atoms with E-state index in [1.165, 1.54) is 12.1 Å². The van der Waals surface area contributed by atoms with Crippen LogP contribution >= 0.6 is 11.6 Å². The lowest BCUT2D eigenvalue weighted by molar-refractivity contribution is -0.120. The molecule has 2 aliphatic rings. The van der Waals surface area contributed by atoms with Gasteiger partial charge in [-0.25, -0.2) is 4.39 Å². The van der Waals surface area contributed by atoms with Crippen molar-refractivity contribution in [3.8, 4) is 0 Å². The summed E-state index contributed by atoms with van der Waals surface area (Å²) in [6, 6.07) is 4.26. The zero-order chi connectivity index (χ0) is 13.5. The fourth-order valence-corrected chi connectivity index (χ4v) is 3.49. The van der Waals surface area contributed by atoms with Crippen molar-refractivity contribution in [2.24, 2.45) is 11.3 Å². The summed E-state index contributed by atoms with van der Waals surface area (Å²) in [5.74, 6) is 0.0913. The minimum atomic E-state index is -0.359. The first-order chi connectivity index (χ1) is 9.11. The first-order valence-corrected chi connectivity index (χ1v) is 7.16. The van der Waals surface area contributed by atoms with Crippen molar-refractivity contribution >= 4 is 17.4 Å². The van der Waals surface area contributed by atoms with Crippen LogP contribution < -0.4 is 5.32 Å². The Morgan fingerprint density at radius 1 is 1.42 bits per heavy atom. The molecule has 1 heterocycles. The molecule has 1 aromatic carbocycles. The van der Waals surface area contributed by atoms with E-state index in [0.29, 0.717) is 11.4 Å². The second kappa shape index (κ2) is 4.88. The minimum Gasteiger partial charge on any atom is -0.317 e. The maximum atomic E-state index is 13.0. The minimum absolute atomic E-state index is 0.190. The van der Waals surface area contributed by atoms with Gasteiger partial charge in [-0.1, -0.05) is 17.7 Å². The molecule has 0 aromatic heterocycles. The normalized spacial score (nSPS) is 24.4. The highest BCUT2D eigenvalue weighted by atomic mass is 35.5. The molecule has 1 aromatic rings. The molecule has 0 amide bonds. The molecule has 19 heavy (non-hydrogen) atoms. The van der Waals surface area contributed by atoms with Gasteiger partial charge in [0.1, 0.15) is 11.6 Å². The molecule has 4 heteroatoms. The smallest absolute Gasteiger partial charge is 0.140 e. The zero-order valence-electron chi connectivity index (χ0n) is 10.7. The summed E-state index contributed by atoms with van der Waals surface area (Å²) in [4.78, 5) is 12.3. The number of carbonyl (C=O) groups excluding carboxylic acids is 1. The van der Waals surface area contributed by atoms with E-state index in [-0.39, 0.29) is 22.9 Å². The van der Waals surface area contributed by atoms with Gasteiger partial charge < -0.3 is 5.32 Å². The SMILES string of the molecule is O=C(Cc1ccc(F)cc1Cl)C1CC12CCNCC2. The molecule has 1 unspecified atom stereocenters. The Labute approximate surface area is 117 Å². The van der Waals surface area contributed by atoms with Crippen molar-refractivity contribution in [3.63, 3.8) is 0 Å². The molecule has 2 nitrogen and oxygen atoms in total. The number of nitrogens with one attached hydrogen (secondary N) is 1. The highest BCUT2D eigenvalue weighted by molar-refractivity contribution is 6.31. The number of benzene rings is 1. The first-order valence-electron chi connectivity index (χ1n) is 6.78. The van der Waals surface area contributed by atoms with Crippen LogP contribution in [0.15, 0.2) is 18.2 Å². The topological polar surface area (TPSA) is 29.1 Å². The summed E-state index contributed by atoms with van der Waals surface area (Å²) in [6.45, 7) is 2.03. The standard InChI is InChI=1S/C15H17ClFNO/c16-13-8-11(17)2-1-10(13)7-14(19)12-9-15(12)3-5-18-6-4-15/h1-2,8,12,18H,3-7,9H2. The fourth-order valence-electron chi connectivity index (χ4n) is 3.26. The van der Waals surface area contributed by atoms with E-state index in [1.54, 1.807) is 6.07 Å². The average Bonchev–Trinajstić information content (AvgIpc) is 3.07. The van der Waals surface area contributed by atoms with Crippen molar-refractivity contribution in [1.29, 1.82) is 0 Å². The molecule has 0 radical (unpaired) electrons. The number of rotatable bonds is 3. The van der Waals surface area contributed by atoms with Crippen molar-refractivity contribution in [2.75, 3.05) is 13.1 Å². The van der Waals surface area contributed by atoms with Crippen molar-refractivity contribution in [1.82, 2.24) is 5.32 Å². The van der Waals surface area contributed by atoms with Crippen LogP contribution in [0.3, 0.4) is 0 Å². The van der Waals surface area contributed by atoms with Gasteiger partial charge in [0.05, 0.1) is 0 Å². The molecule has 3 rings (SSSR count). The van der Waals surface area contributed by atoms with Crippen LogP contribution in [0.4, 0.5) is 4.39 Å². The molecular weight excluding hydrogens is 265 g/mol. The number of halogens is 2. The van der Waals surface area contributed by atoms with E-state index < -0.39 is 0 Å². The monoisotopic (exact) mass is 281 g/mol. The number of carbonyl (C=O) groups is 1. The first kappa shape index (κ1) is 13.1. The molecule has 2 fully saturated rings. The Hall–Kier alpha value is -0.930. The Kier molecular flexibility index (Phi) is 3.35. The molecule has 1 saturated heterocycles. The average molecular weight is 282 g/mol. The third-order valence-corrected chi connectivity index (χ3v) is 4.91. The van der Waals surface area contributed by atoms with Gasteiger partial charge in [0.2, 0.25) is 0 Å². The number of Topliss-reactive ketones (excluding diaryl/α,β-unsaturated/α-hetero) is 1. The lowest BCUT2D eigenvalue weighted by Crippen LogP contribution is -2.31. The van der Waals surface area contributed by atoms with Crippen LogP contribution in [0, 0.1) is 17.2 Å². The number of hydrogen-bond acceptors (Lipinski definition) is 2. The summed E-state index contributed by atoms with van der Waals surface area (Å²) < 4.78 is 13.0. The van der Waals surface area contributed by atoms with Gasteiger partial charge in [-0.3, -0.25) is 4.79 Å². The predicted octanol–water partition coefficient (Wildman–Crippen LogP) is 2.98. The van der Waals surface area contributed by atoms with E-state index in [4.69, 9.17) is 11.6 Å². The predicted molar refractivity (Wildman–Crippen MR) is 72.8 cm³/mol. The molecule has 1 spiro atoms. The molecule has 0 bridgehead atoms. The van der Waals surface area contributed by atoms with E-state index in [0.717, 1.165) is 37.9 Å². The summed E-state index contributed by atoms with van der Waals surface area (Å²) in [5, 5.41) is 3.69. The van der Waals surface area contributed by atoms with Gasteiger partial charge in [0.15, 0.2) is 0 Å². The molecule has 1 aliphatic carbocycles. The zero-order valence-corrected chi connectivity index (χ0v) is 11.5. The summed E-state index contributed by atoms with van der Waals surface area (Å²) in [5.41, 5.74) is 0.999. The van der Waals surface area contributed by atoms with Gasteiger partial charge in [0, 0.05) is 17.4 Å². The Balaban J connectivity index is 1.66. The molecule has 102 valence electrons.